The molecule has 0 saturated carbocycles. The molecule has 3 aromatic rings. The van der Waals surface area contributed by atoms with Gasteiger partial charge in [-0.25, -0.2) is 10.2 Å². The number of amides is 2. The number of hydrogen-bond donors (Lipinski definition) is 3. The molecule has 9 nitrogen and oxygen atoms in total. The summed E-state index contributed by atoms with van der Waals surface area (Å²) in [6.45, 7) is 5.79. The number of carbonyl (C=O) groups excluding carboxylic acids is 3. The van der Waals surface area contributed by atoms with Crippen LogP contribution in [-0.2, 0) is 22.4 Å². The minimum absolute atomic E-state index is 0.142. The Bertz CT molecular complexity index is 1360. The first kappa shape index (κ1) is 27.8. The predicted octanol–water partition coefficient (Wildman–Crippen LogP) is 4.93. The monoisotopic (exact) mass is 549 g/mol. The lowest BCUT2D eigenvalue weighted by Crippen LogP contribution is -2.33. The number of esters is 1. The van der Waals surface area contributed by atoms with Crippen molar-refractivity contribution < 1.29 is 29.0 Å². The molecule has 0 spiro atoms. The fourth-order valence-electron chi connectivity index (χ4n) is 4.20. The van der Waals surface area contributed by atoms with Crippen LogP contribution in [0.2, 0.25) is 0 Å². The minimum Gasteiger partial charge on any atom is -0.508 e. The zero-order valence-corrected chi connectivity index (χ0v) is 22.8. The number of benzene rings is 2. The Morgan fingerprint density at radius 1 is 1.15 bits per heavy atom. The molecule has 2 atom stereocenters. The van der Waals surface area contributed by atoms with Crippen LogP contribution in [0.5, 0.6) is 11.5 Å². The Kier molecular flexibility index (Phi) is 8.98. The molecular weight excluding hydrogens is 518 g/mol. The molecule has 0 bridgehead atoms. The molecule has 0 unspecified atom stereocenters. The van der Waals surface area contributed by atoms with Crippen molar-refractivity contribution in [1.82, 2.24) is 5.43 Å². The maximum Gasteiger partial charge on any atom is 0.341 e. The van der Waals surface area contributed by atoms with Gasteiger partial charge in [-0.2, -0.15) is 5.10 Å². The molecule has 2 aromatic carbocycles. The van der Waals surface area contributed by atoms with Crippen molar-refractivity contribution in [2.24, 2.45) is 11.0 Å². The van der Waals surface area contributed by atoms with E-state index in [2.05, 4.69) is 22.8 Å². The Morgan fingerprint density at radius 2 is 1.87 bits per heavy atom. The van der Waals surface area contributed by atoms with Gasteiger partial charge >= 0.3 is 5.97 Å². The van der Waals surface area contributed by atoms with E-state index in [-0.39, 0.29) is 18.3 Å². The number of phenolic OH excluding ortho intramolecular Hbond substituents is 1. The molecule has 3 N–H and O–H groups in total. The average Bonchev–Trinajstić information content (AvgIpc) is 3.27. The van der Waals surface area contributed by atoms with E-state index in [4.69, 9.17) is 9.47 Å². The Labute approximate surface area is 230 Å². The van der Waals surface area contributed by atoms with E-state index in [1.54, 1.807) is 50.2 Å². The molecule has 0 saturated heterocycles. The smallest absolute Gasteiger partial charge is 0.341 e. The highest BCUT2D eigenvalue weighted by Crippen LogP contribution is 2.40. The summed E-state index contributed by atoms with van der Waals surface area (Å²) in [4.78, 5) is 39.2. The summed E-state index contributed by atoms with van der Waals surface area (Å²) >= 11 is 1.44. The number of thiophene rings is 1. The standard InChI is InChI=1S/C29H31N3O6S/c1-4-37-29(36)25-23-14-5-17(2)15-24(23)39-28(25)31-27(35)20-8-12-22(13-9-20)38-18(3)26(34)32-30-16-19-6-10-21(33)11-7-19/h6-13,16-18,33H,4-5,14-15H2,1-3H3,(H,31,35)(H,32,34)/b30-16-/t17-,18+/m1/s1. The third kappa shape index (κ3) is 7.02. The van der Waals surface area contributed by atoms with Gasteiger partial charge in [-0.15, -0.1) is 11.3 Å². The van der Waals surface area contributed by atoms with Gasteiger partial charge in [0, 0.05) is 10.4 Å². The number of anilines is 1. The highest BCUT2D eigenvalue weighted by atomic mass is 32.1. The van der Waals surface area contributed by atoms with Gasteiger partial charge in [0.25, 0.3) is 11.8 Å². The van der Waals surface area contributed by atoms with Crippen molar-refractivity contribution in [2.45, 2.75) is 46.1 Å². The molecule has 204 valence electrons. The van der Waals surface area contributed by atoms with Crippen LogP contribution in [0, 0.1) is 5.92 Å². The fraction of sp³-hybridized carbons (Fsp3) is 0.310. The van der Waals surface area contributed by atoms with Gasteiger partial charge in [-0.1, -0.05) is 6.92 Å². The summed E-state index contributed by atoms with van der Waals surface area (Å²) in [5, 5.41) is 16.6. The molecule has 0 fully saturated rings. The Hall–Kier alpha value is -4.18. The molecule has 1 aliphatic rings. The number of ether oxygens (including phenoxy) is 2. The van der Waals surface area contributed by atoms with Crippen molar-refractivity contribution in [3.63, 3.8) is 0 Å². The molecule has 2 amide bonds. The second-order valence-corrected chi connectivity index (χ2v) is 10.4. The van der Waals surface area contributed by atoms with Crippen LogP contribution in [-0.4, -0.2) is 41.8 Å². The second-order valence-electron chi connectivity index (χ2n) is 9.34. The summed E-state index contributed by atoms with van der Waals surface area (Å²) in [5.41, 5.74) is 4.95. The van der Waals surface area contributed by atoms with Gasteiger partial charge < -0.3 is 19.9 Å². The van der Waals surface area contributed by atoms with Gasteiger partial charge in [0.2, 0.25) is 0 Å². The van der Waals surface area contributed by atoms with Crippen LogP contribution in [0.4, 0.5) is 5.00 Å². The number of nitrogens with zero attached hydrogens (tertiary/aromatic N) is 1. The van der Waals surface area contributed by atoms with E-state index in [9.17, 15) is 19.5 Å². The van der Waals surface area contributed by atoms with Gasteiger partial charge in [0.05, 0.1) is 18.4 Å². The summed E-state index contributed by atoms with van der Waals surface area (Å²) in [6, 6.07) is 12.8. The van der Waals surface area contributed by atoms with Crippen molar-refractivity contribution in [3.8, 4) is 11.5 Å². The van der Waals surface area contributed by atoms with Gasteiger partial charge in [-0.05, 0) is 98.7 Å². The van der Waals surface area contributed by atoms with Gasteiger partial charge in [0.1, 0.15) is 16.5 Å². The molecule has 4 rings (SSSR count). The van der Waals surface area contributed by atoms with Crippen molar-refractivity contribution in [3.05, 3.63) is 75.7 Å². The van der Waals surface area contributed by atoms with E-state index in [1.807, 2.05) is 0 Å². The predicted molar refractivity (Wildman–Crippen MR) is 150 cm³/mol. The number of hydrogen-bond acceptors (Lipinski definition) is 8. The number of rotatable bonds is 9. The SMILES string of the molecule is CCOC(=O)c1c(NC(=O)c2ccc(O[C@@H](C)C(=O)N/N=C\c3ccc(O)cc3)cc2)sc2c1CC[C@@H](C)C2. The molecule has 1 aliphatic carbocycles. The van der Waals surface area contributed by atoms with Crippen LogP contribution >= 0.6 is 11.3 Å². The number of phenols is 1. The first-order valence-corrected chi connectivity index (χ1v) is 13.6. The molecular formula is C29H31N3O6S. The fourth-order valence-corrected chi connectivity index (χ4v) is 5.59. The number of carbonyl (C=O) groups is 3. The lowest BCUT2D eigenvalue weighted by atomic mass is 9.88. The number of fused-ring (bicyclic) bond motifs is 1. The first-order chi connectivity index (χ1) is 18.7. The van der Waals surface area contributed by atoms with E-state index in [1.165, 1.54) is 29.7 Å². The first-order valence-electron chi connectivity index (χ1n) is 12.8. The molecule has 39 heavy (non-hydrogen) atoms. The quantitative estimate of drug-likeness (QED) is 0.198. The third-order valence-corrected chi connectivity index (χ3v) is 7.47. The van der Waals surface area contributed by atoms with Crippen LogP contribution < -0.4 is 15.5 Å². The summed E-state index contributed by atoms with van der Waals surface area (Å²) in [7, 11) is 0. The number of aromatic hydroxyl groups is 1. The van der Waals surface area contributed by atoms with Crippen molar-refractivity contribution >= 4 is 40.3 Å². The Balaban J connectivity index is 1.37. The highest BCUT2D eigenvalue weighted by molar-refractivity contribution is 7.17. The van der Waals surface area contributed by atoms with E-state index in [0.717, 1.165) is 29.7 Å². The normalized spacial score (nSPS) is 15.3. The van der Waals surface area contributed by atoms with Crippen LogP contribution in [0.25, 0.3) is 0 Å². The zero-order valence-electron chi connectivity index (χ0n) is 22.0. The van der Waals surface area contributed by atoms with E-state index in [0.29, 0.717) is 33.4 Å². The van der Waals surface area contributed by atoms with Crippen LogP contribution in [0.1, 0.15) is 63.9 Å². The van der Waals surface area contributed by atoms with E-state index >= 15 is 0 Å². The van der Waals surface area contributed by atoms with Crippen molar-refractivity contribution in [1.29, 1.82) is 0 Å². The Morgan fingerprint density at radius 3 is 2.56 bits per heavy atom. The van der Waals surface area contributed by atoms with Gasteiger partial charge in [0.15, 0.2) is 6.10 Å². The molecule has 10 heteroatoms. The minimum atomic E-state index is -0.839. The maximum atomic E-state index is 13.0. The van der Waals surface area contributed by atoms with Crippen LogP contribution in [0.3, 0.4) is 0 Å². The topological polar surface area (TPSA) is 126 Å². The largest absolute Gasteiger partial charge is 0.508 e. The van der Waals surface area contributed by atoms with E-state index < -0.39 is 18.0 Å². The molecule has 1 aromatic heterocycles. The lowest BCUT2D eigenvalue weighted by Gasteiger charge is -2.18. The summed E-state index contributed by atoms with van der Waals surface area (Å²) in [5.74, 6) is -0.143. The second kappa shape index (κ2) is 12.6. The molecule has 1 heterocycles. The summed E-state index contributed by atoms with van der Waals surface area (Å²) in [6.07, 6.45) is 3.27. The maximum absolute atomic E-state index is 13.0. The molecule has 0 aliphatic heterocycles. The van der Waals surface area contributed by atoms with Crippen molar-refractivity contribution in [2.75, 3.05) is 11.9 Å². The summed E-state index contributed by atoms with van der Waals surface area (Å²) < 4.78 is 11.0. The number of nitrogens with one attached hydrogen (secondary N) is 2. The number of hydrazone groups is 1. The lowest BCUT2D eigenvalue weighted by molar-refractivity contribution is -0.127. The van der Waals surface area contributed by atoms with Crippen LogP contribution in [0.15, 0.2) is 53.6 Å². The third-order valence-electron chi connectivity index (χ3n) is 6.30. The van der Waals surface area contributed by atoms with Gasteiger partial charge in [-0.3, -0.25) is 9.59 Å². The highest BCUT2D eigenvalue weighted by Gasteiger charge is 2.29. The molecule has 0 radical (unpaired) electrons. The zero-order chi connectivity index (χ0) is 27.9. The average molecular weight is 550 g/mol.